The number of carbonyl (C=O) groups is 1. The summed E-state index contributed by atoms with van der Waals surface area (Å²) in [5, 5.41) is 0. The van der Waals surface area contributed by atoms with Gasteiger partial charge in [0, 0.05) is 27.8 Å². The molecule has 0 atom stereocenters. The molecule has 0 unspecified atom stereocenters. The van der Waals surface area contributed by atoms with Gasteiger partial charge in [0.05, 0.1) is 25.6 Å². The van der Waals surface area contributed by atoms with Crippen molar-refractivity contribution in [2.24, 2.45) is 0 Å². The molecule has 5 rings (SSSR count). The van der Waals surface area contributed by atoms with E-state index in [1.165, 1.54) is 24.3 Å². The summed E-state index contributed by atoms with van der Waals surface area (Å²) in [4.78, 5) is 21.2. The molecule has 36 heavy (non-hydrogen) atoms. The number of hydrogen-bond donors (Lipinski definition) is 1. The Bertz CT molecular complexity index is 1510. The van der Waals surface area contributed by atoms with Gasteiger partial charge in [-0.15, -0.1) is 0 Å². The number of nitrogens with zero attached hydrogens (tertiary/aromatic N) is 1. The highest BCUT2D eigenvalue weighted by Crippen LogP contribution is 2.36. The van der Waals surface area contributed by atoms with Crippen LogP contribution in [-0.2, 0) is 0 Å². The highest BCUT2D eigenvalue weighted by atomic mass is 19.1. The van der Waals surface area contributed by atoms with Crippen molar-refractivity contribution in [3.05, 3.63) is 114 Å². The van der Waals surface area contributed by atoms with E-state index in [0.717, 1.165) is 28.1 Å². The smallest absolute Gasteiger partial charge is 0.193 e. The third-order valence-corrected chi connectivity index (χ3v) is 5.95. The molecular formula is C30H23FN2O3. The third kappa shape index (κ3) is 4.49. The molecule has 0 saturated carbocycles. The van der Waals surface area contributed by atoms with Crippen LogP contribution < -0.4 is 9.47 Å². The van der Waals surface area contributed by atoms with E-state index in [9.17, 15) is 9.18 Å². The lowest BCUT2D eigenvalue weighted by Gasteiger charge is -2.08. The lowest BCUT2D eigenvalue weighted by Crippen LogP contribution is -2.01. The number of aromatic amines is 1. The van der Waals surface area contributed by atoms with Gasteiger partial charge in [-0.1, -0.05) is 54.6 Å². The van der Waals surface area contributed by atoms with Gasteiger partial charge in [-0.25, -0.2) is 9.37 Å². The molecular weight excluding hydrogens is 455 g/mol. The lowest BCUT2D eigenvalue weighted by molar-refractivity contribution is 0.103. The molecule has 0 aliphatic heterocycles. The molecule has 4 aromatic carbocycles. The van der Waals surface area contributed by atoms with Crippen molar-refractivity contribution >= 4 is 5.78 Å². The van der Waals surface area contributed by atoms with Gasteiger partial charge in [0.1, 0.15) is 11.6 Å². The number of benzene rings is 4. The van der Waals surface area contributed by atoms with Crippen LogP contribution in [0.1, 0.15) is 15.9 Å². The molecule has 0 bridgehead atoms. The standard InChI is InChI=1S/C30H23FN2O3/c1-35-25-17-14-23(18-26(25)36-2)30-32-27(19-6-4-3-5-7-19)28(33-30)20-8-10-21(11-9-20)29(34)22-12-15-24(31)16-13-22/h3-18H,1-2H3,(H,32,33). The van der Waals surface area contributed by atoms with Crippen LogP contribution >= 0.6 is 0 Å². The number of ether oxygens (including phenoxy) is 2. The Balaban J connectivity index is 1.55. The number of imidazole rings is 1. The van der Waals surface area contributed by atoms with Gasteiger partial charge < -0.3 is 14.5 Å². The first-order valence-electron chi connectivity index (χ1n) is 11.4. The van der Waals surface area contributed by atoms with E-state index in [2.05, 4.69) is 4.98 Å². The summed E-state index contributed by atoms with van der Waals surface area (Å²) in [6.45, 7) is 0. The second-order valence-corrected chi connectivity index (χ2v) is 8.16. The molecule has 0 spiro atoms. The average Bonchev–Trinajstić information content (AvgIpc) is 3.39. The maximum Gasteiger partial charge on any atom is 0.193 e. The normalized spacial score (nSPS) is 10.8. The quantitative estimate of drug-likeness (QED) is 0.261. The van der Waals surface area contributed by atoms with Crippen LogP contribution in [-0.4, -0.2) is 30.0 Å². The van der Waals surface area contributed by atoms with E-state index in [1.54, 1.807) is 26.4 Å². The van der Waals surface area contributed by atoms with Crippen molar-refractivity contribution in [2.75, 3.05) is 14.2 Å². The minimum atomic E-state index is -0.375. The largest absolute Gasteiger partial charge is 0.493 e. The van der Waals surface area contributed by atoms with Crippen LogP contribution in [0.25, 0.3) is 33.9 Å². The van der Waals surface area contributed by atoms with Gasteiger partial charge in [-0.05, 0) is 42.5 Å². The van der Waals surface area contributed by atoms with Crippen molar-refractivity contribution in [3.8, 4) is 45.4 Å². The zero-order valence-corrected chi connectivity index (χ0v) is 19.8. The zero-order valence-electron chi connectivity index (χ0n) is 19.8. The first-order chi connectivity index (χ1) is 17.6. The molecule has 0 saturated heterocycles. The number of halogens is 1. The number of hydrogen-bond acceptors (Lipinski definition) is 4. The third-order valence-electron chi connectivity index (χ3n) is 5.95. The number of methoxy groups -OCH3 is 2. The Morgan fingerprint density at radius 3 is 1.97 bits per heavy atom. The summed E-state index contributed by atoms with van der Waals surface area (Å²) in [5.74, 6) is 1.38. The molecule has 5 nitrogen and oxygen atoms in total. The minimum Gasteiger partial charge on any atom is -0.493 e. The zero-order chi connectivity index (χ0) is 25.1. The Morgan fingerprint density at radius 2 is 1.33 bits per heavy atom. The monoisotopic (exact) mass is 478 g/mol. The van der Waals surface area contributed by atoms with Crippen LogP contribution in [0.15, 0.2) is 97.1 Å². The molecule has 178 valence electrons. The second kappa shape index (κ2) is 9.88. The van der Waals surface area contributed by atoms with E-state index in [-0.39, 0.29) is 11.6 Å². The Kier molecular flexibility index (Phi) is 6.33. The topological polar surface area (TPSA) is 64.2 Å². The van der Waals surface area contributed by atoms with Crippen LogP contribution in [0.3, 0.4) is 0 Å². The predicted molar refractivity (Wildman–Crippen MR) is 138 cm³/mol. The molecule has 0 radical (unpaired) electrons. The summed E-state index contributed by atoms with van der Waals surface area (Å²) in [6, 6.07) is 28.4. The van der Waals surface area contributed by atoms with Gasteiger partial charge in [-0.2, -0.15) is 0 Å². The Labute approximate surface area is 208 Å². The lowest BCUT2D eigenvalue weighted by atomic mass is 10.00. The van der Waals surface area contributed by atoms with E-state index < -0.39 is 0 Å². The molecule has 0 fully saturated rings. The number of ketones is 1. The molecule has 0 aliphatic carbocycles. The van der Waals surface area contributed by atoms with Crippen molar-refractivity contribution < 1.29 is 18.7 Å². The fourth-order valence-electron chi connectivity index (χ4n) is 4.06. The maximum absolute atomic E-state index is 13.2. The Hall–Kier alpha value is -4.71. The fraction of sp³-hybridized carbons (Fsp3) is 0.0667. The van der Waals surface area contributed by atoms with Crippen LogP contribution in [0, 0.1) is 5.82 Å². The summed E-state index contributed by atoms with van der Waals surface area (Å²) >= 11 is 0. The second-order valence-electron chi connectivity index (χ2n) is 8.16. The summed E-state index contributed by atoms with van der Waals surface area (Å²) in [5.41, 5.74) is 5.26. The van der Waals surface area contributed by atoms with E-state index >= 15 is 0 Å². The average molecular weight is 479 g/mol. The molecule has 1 N–H and O–H groups in total. The van der Waals surface area contributed by atoms with E-state index in [1.807, 2.05) is 60.7 Å². The molecule has 1 heterocycles. The SMILES string of the molecule is COc1ccc(-c2nc(-c3ccccc3)c(-c3ccc(C(=O)c4ccc(F)cc4)cc3)[nH]2)cc1OC. The highest BCUT2D eigenvalue weighted by molar-refractivity contribution is 6.09. The van der Waals surface area contributed by atoms with Crippen molar-refractivity contribution in [1.82, 2.24) is 9.97 Å². The first-order valence-corrected chi connectivity index (χ1v) is 11.4. The van der Waals surface area contributed by atoms with Gasteiger partial charge in [-0.3, -0.25) is 4.79 Å². The fourth-order valence-corrected chi connectivity index (χ4v) is 4.06. The van der Waals surface area contributed by atoms with Gasteiger partial charge >= 0.3 is 0 Å². The van der Waals surface area contributed by atoms with E-state index in [0.29, 0.717) is 28.5 Å². The van der Waals surface area contributed by atoms with Crippen LogP contribution in [0.5, 0.6) is 11.5 Å². The molecule has 0 amide bonds. The number of H-pyrrole nitrogens is 1. The van der Waals surface area contributed by atoms with Crippen LogP contribution in [0.2, 0.25) is 0 Å². The van der Waals surface area contributed by atoms with Crippen molar-refractivity contribution in [3.63, 3.8) is 0 Å². The number of rotatable bonds is 7. The maximum atomic E-state index is 13.2. The van der Waals surface area contributed by atoms with Gasteiger partial charge in [0.15, 0.2) is 17.3 Å². The molecule has 1 aromatic heterocycles. The number of aromatic nitrogens is 2. The predicted octanol–water partition coefficient (Wildman–Crippen LogP) is 6.80. The Morgan fingerprint density at radius 1 is 0.722 bits per heavy atom. The van der Waals surface area contributed by atoms with Gasteiger partial charge in [0.2, 0.25) is 0 Å². The summed E-state index contributed by atoms with van der Waals surface area (Å²) in [7, 11) is 3.19. The van der Waals surface area contributed by atoms with E-state index in [4.69, 9.17) is 14.5 Å². The number of carbonyl (C=O) groups excluding carboxylic acids is 1. The first kappa shape index (κ1) is 23.1. The van der Waals surface area contributed by atoms with Crippen LogP contribution in [0.4, 0.5) is 4.39 Å². The summed E-state index contributed by atoms with van der Waals surface area (Å²) < 4.78 is 24.1. The van der Waals surface area contributed by atoms with Gasteiger partial charge in [0.25, 0.3) is 0 Å². The van der Waals surface area contributed by atoms with Crippen molar-refractivity contribution in [1.29, 1.82) is 0 Å². The molecule has 5 aromatic rings. The highest BCUT2D eigenvalue weighted by Gasteiger charge is 2.17. The van der Waals surface area contributed by atoms with Crippen molar-refractivity contribution in [2.45, 2.75) is 0 Å². The molecule has 0 aliphatic rings. The summed E-state index contributed by atoms with van der Waals surface area (Å²) in [6.07, 6.45) is 0. The number of nitrogens with one attached hydrogen (secondary N) is 1. The molecule has 6 heteroatoms. The minimum absolute atomic E-state index is 0.166.